The van der Waals surface area contributed by atoms with E-state index >= 15 is 0 Å². The minimum atomic E-state index is -0.575. The largest absolute Gasteiger partial charge is 0.497 e. The molecule has 5 rings (SSSR count). The maximum Gasteiger partial charge on any atom is 0.119 e. The van der Waals surface area contributed by atoms with Crippen molar-refractivity contribution in [1.82, 2.24) is 5.32 Å². The molecule has 1 saturated carbocycles. The fourth-order valence-electron chi connectivity index (χ4n) is 7.24. The predicted molar refractivity (Wildman–Crippen MR) is 150 cm³/mol. The van der Waals surface area contributed by atoms with E-state index in [0.717, 1.165) is 57.1 Å². The van der Waals surface area contributed by atoms with Crippen LogP contribution in [0.5, 0.6) is 5.75 Å². The van der Waals surface area contributed by atoms with Crippen molar-refractivity contribution >= 4 is 35.6 Å². The van der Waals surface area contributed by atoms with E-state index in [4.69, 9.17) is 4.74 Å². The van der Waals surface area contributed by atoms with Gasteiger partial charge in [0.05, 0.1) is 44.3 Å². The second kappa shape index (κ2) is 12.5. The van der Waals surface area contributed by atoms with Crippen LogP contribution in [-0.4, -0.2) is 61.1 Å². The van der Waals surface area contributed by atoms with Gasteiger partial charge in [-0.2, -0.15) is 0 Å². The van der Waals surface area contributed by atoms with Crippen molar-refractivity contribution in [1.29, 1.82) is 0 Å². The van der Waals surface area contributed by atoms with Gasteiger partial charge >= 0.3 is 0 Å². The number of nitrogens with one attached hydrogen (secondary N) is 1. The highest BCUT2D eigenvalue weighted by Gasteiger charge is 2.47. The molecule has 0 amide bonds. The molecule has 2 aromatic rings. The van der Waals surface area contributed by atoms with E-state index in [2.05, 4.69) is 41.7 Å². The summed E-state index contributed by atoms with van der Waals surface area (Å²) in [6.45, 7) is 5.99. The van der Waals surface area contributed by atoms with Crippen molar-refractivity contribution < 1.29 is 14.3 Å². The quantitative estimate of drug-likeness (QED) is 0.441. The zero-order chi connectivity index (χ0) is 22.7. The number of aliphatic hydroxyl groups is 1. The number of nitrogens with zero attached hydrogens (tertiary/aromatic N) is 1. The molecule has 2 saturated heterocycles. The number of hydrogen-bond acceptors (Lipinski definition) is 3. The third-order valence-electron chi connectivity index (χ3n) is 9.18. The van der Waals surface area contributed by atoms with E-state index in [1.807, 2.05) is 0 Å². The van der Waals surface area contributed by atoms with Crippen molar-refractivity contribution in [2.45, 2.75) is 81.8 Å². The first kappa shape index (κ1) is 28.5. The minimum Gasteiger partial charge on any atom is -0.497 e. The van der Waals surface area contributed by atoms with Crippen LogP contribution in [0, 0.1) is 0 Å². The smallest absolute Gasteiger partial charge is 0.119 e. The molecule has 3 aliphatic rings. The van der Waals surface area contributed by atoms with E-state index in [0.29, 0.717) is 0 Å². The maximum absolute atomic E-state index is 12.1. The second-order valence-corrected chi connectivity index (χ2v) is 11.1. The Morgan fingerprint density at radius 2 is 1.54 bits per heavy atom. The van der Waals surface area contributed by atoms with Crippen LogP contribution in [-0.2, 0) is 0 Å². The van der Waals surface area contributed by atoms with Gasteiger partial charge in [0.25, 0.3) is 0 Å². The van der Waals surface area contributed by atoms with Crippen LogP contribution in [0.3, 0.4) is 0 Å². The van der Waals surface area contributed by atoms with Crippen LogP contribution in [0.2, 0.25) is 0 Å². The molecular formula is C29H45Cl2N2O2+. The fourth-order valence-corrected chi connectivity index (χ4v) is 7.24. The fraction of sp³-hybridized carbons (Fsp3) is 0.655. The van der Waals surface area contributed by atoms with Crippen LogP contribution in [0.15, 0.2) is 36.4 Å². The van der Waals surface area contributed by atoms with E-state index in [1.165, 1.54) is 72.4 Å². The molecule has 2 aromatic carbocycles. The molecule has 1 atom stereocenters. The molecule has 1 unspecified atom stereocenters. The first-order valence-corrected chi connectivity index (χ1v) is 13.5. The normalized spacial score (nSPS) is 23.0. The van der Waals surface area contributed by atoms with Gasteiger partial charge in [-0.25, -0.2) is 0 Å². The lowest BCUT2D eigenvalue weighted by Gasteiger charge is -2.52. The van der Waals surface area contributed by atoms with Gasteiger partial charge in [0.2, 0.25) is 0 Å². The Morgan fingerprint density at radius 3 is 2.23 bits per heavy atom. The number of ether oxygens (including phenoxy) is 1. The SMILES string of the molecule is COc1ccc2cc(C(C[N+]3(C4CCNCC4)CCCCC3)C3(O)CCCCC3)ccc2c1.Cl.Cl. The van der Waals surface area contributed by atoms with Gasteiger partial charge in [-0.1, -0.05) is 43.5 Å². The van der Waals surface area contributed by atoms with E-state index < -0.39 is 5.60 Å². The minimum absolute atomic E-state index is 0. The summed E-state index contributed by atoms with van der Waals surface area (Å²) in [4.78, 5) is 0. The Labute approximate surface area is 224 Å². The third-order valence-corrected chi connectivity index (χ3v) is 9.18. The number of likely N-dealkylation sites (tertiary alicyclic amines) is 1. The van der Waals surface area contributed by atoms with Crippen LogP contribution in [0.4, 0.5) is 0 Å². The molecule has 0 radical (unpaired) electrons. The molecule has 6 heteroatoms. The average Bonchev–Trinajstić information content (AvgIpc) is 2.88. The lowest BCUT2D eigenvalue weighted by Crippen LogP contribution is -2.63. The summed E-state index contributed by atoms with van der Waals surface area (Å²) in [5.74, 6) is 1.11. The van der Waals surface area contributed by atoms with Crippen molar-refractivity contribution in [3.63, 3.8) is 0 Å². The lowest BCUT2D eigenvalue weighted by atomic mass is 9.71. The van der Waals surface area contributed by atoms with Gasteiger partial charge in [0.15, 0.2) is 0 Å². The van der Waals surface area contributed by atoms with Crippen LogP contribution in [0.25, 0.3) is 10.8 Å². The molecule has 2 heterocycles. The number of quaternary nitrogens is 1. The molecule has 0 bridgehead atoms. The highest BCUT2D eigenvalue weighted by Crippen LogP contribution is 2.44. The summed E-state index contributed by atoms with van der Waals surface area (Å²) in [5.41, 5.74) is 0.766. The summed E-state index contributed by atoms with van der Waals surface area (Å²) in [5, 5.41) is 18.2. The number of halogens is 2. The van der Waals surface area contributed by atoms with E-state index in [1.54, 1.807) is 7.11 Å². The molecular weight excluding hydrogens is 479 g/mol. The predicted octanol–water partition coefficient (Wildman–Crippen LogP) is 6.22. The molecule has 196 valence electrons. The topological polar surface area (TPSA) is 41.5 Å². The van der Waals surface area contributed by atoms with Gasteiger partial charge < -0.3 is 19.6 Å². The Balaban J connectivity index is 0.00000171. The van der Waals surface area contributed by atoms with Crippen molar-refractivity contribution in [2.75, 3.05) is 39.8 Å². The van der Waals surface area contributed by atoms with Gasteiger partial charge in [0.1, 0.15) is 5.75 Å². The molecule has 1 aliphatic carbocycles. The van der Waals surface area contributed by atoms with Crippen LogP contribution in [0.1, 0.15) is 75.7 Å². The number of fused-ring (bicyclic) bond motifs is 1. The summed E-state index contributed by atoms with van der Waals surface area (Å²) >= 11 is 0. The molecule has 2 aliphatic heterocycles. The second-order valence-electron chi connectivity index (χ2n) is 11.1. The van der Waals surface area contributed by atoms with Gasteiger partial charge in [-0.15, -0.1) is 24.8 Å². The Hall–Kier alpha value is -1.04. The van der Waals surface area contributed by atoms with Gasteiger partial charge in [-0.05, 0) is 60.6 Å². The number of piperidine rings is 2. The number of rotatable bonds is 6. The highest BCUT2D eigenvalue weighted by molar-refractivity contribution is 5.86. The Bertz CT molecular complexity index is 935. The van der Waals surface area contributed by atoms with Crippen LogP contribution < -0.4 is 10.1 Å². The molecule has 2 N–H and O–H groups in total. The molecule has 4 nitrogen and oxygen atoms in total. The summed E-state index contributed by atoms with van der Waals surface area (Å²) in [6.07, 6.45) is 12.1. The third kappa shape index (κ3) is 6.10. The van der Waals surface area contributed by atoms with Crippen molar-refractivity contribution in [3.8, 4) is 5.75 Å². The molecule has 0 aromatic heterocycles. The summed E-state index contributed by atoms with van der Waals surface area (Å²) in [7, 11) is 1.73. The molecule has 35 heavy (non-hydrogen) atoms. The zero-order valence-corrected chi connectivity index (χ0v) is 23.0. The number of hydrogen-bond donors (Lipinski definition) is 2. The number of methoxy groups -OCH3 is 1. The standard InChI is InChI=1S/C29H43N2O2.2ClH/c1-33-27-11-10-23-20-25(9-8-24(23)21-27)28(29(32)14-4-2-5-15-29)22-31(18-6-3-7-19-31)26-12-16-30-17-13-26;;/h8-11,20-21,26,28,30,32H,2-7,12-19,22H2,1H3;2*1H/q+1;;. The molecule has 0 spiro atoms. The lowest BCUT2D eigenvalue weighted by molar-refractivity contribution is -0.958. The first-order chi connectivity index (χ1) is 16.1. The van der Waals surface area contributed by atoms with E-state index in [-0.39, 0.29) is 30.7 Å². The monoisotopic (exact) mass is 523 g/mol. The molecule has 3 fully saturated rings. The Morgan fingerprint density at radius 1 is 0.914 bits per heavy atom. The number of benzene rings is 2. The zero-order valence-electron chi connectivity index (χ0n) is 21.3. The van der Waals surface area contributed by atoms with Crippen molar-refractivity contribution in [2.24, 2.45) is 0 Å². The maximum atomic E-state index is 12.1. The van der Waals surface area contributed by atoms with Gasteiger partial charge in [-0.3, -0.25) is 0 Å². The highest BCUT2D eigenvalue weighted by atomic mass is 35.5. The first-order valence-electron chi connectivity index (χ1n) is 13.5. The summed E-state index contributed by atoms with van der Waals surface area (Å²) in [6, 6.07) is 14.0. The average molecular weight is 525 g/mol. The van der Waals surface area contributed by atoms with E-state index in [9.17, 15) is 5.11 Å². The van der Waals surface area contributed by atoms with Crippen LogP contribution >= 0.6 is 24.8 Å². The Kier molecular flexibility index (Phi) is 10.2. The van der Waals surface area contributed by atoms with Crippen molar-refractivity contribution in [3.05, 3.63) is 42.0 Å². The summed E-state index contributed by atoms with van der Waals surface area (Å²) < 4.78 is 6.68. The van der Waals surface area contributed by atoms with Gasteiger partial charge in [0, 0.05) is 25.9 Å².